The Morgan fingerprint density at radius 2 is 2.06 bits per heavy atom. The molecule has 0 atom stereocenters. The third-order valence-electron chi connectivity index (χ3n) is 2.49. The second-order valence-electron chi connectivity index (χ2n) is 3.63. The molecule has 0 unspecified atom stereocenters. The topological polar surface area (TPSA) is 17.1 Å². The van der Waals surface area contributed by atoms with Gasteiger partial charge in [-0.05, 0) is 35.0 Å². The van der Waals surface area contributed by atoms with Crippen molar-refractivity contribution in [3.8, 4) is 0 Å². The highest BCUT2D eigenvalue weighted by molar-refractivity contribution is 7.21. The summed E-state index contributed by atoms with van der Waals surface area (Å²) in [5, 5.41) is 4.61. The molecule has 0 N–H and O–H groups in total. The highest BCUT2D eigenvalue weighted by Gasteiger charge is 2.13. The average Bonchev–Trinajstić information content (AvgIpc) is 2.96. The van der Waals surface area contributed by atoms with Gasteiger partial charge in [-0.15, -0.1) is 11.3 Å². The maximum atomic E-state index is 13.0. The van der Waals surface area contributed by atoms with Gasteiger partial charge in [-0.1, -0.05) is 6.07 Å². The number of ketones is 1. The Balaban J connectivity index is 2.09. The lowest BCUT2D eigenvalue weighted by Crippen LogP contribution is -1.94. The Hall–Kier alpha value is -1.52. The molecule has 0 bridgehead atoms. The van der Waals surface area contributed by atoms with Gasteiger partial charge in [0.1, 0.15) is 5.82 Å². The van der Waals surface area contributed by atoms with Crippen LogP contribution in [0.1, 0.15) is 15.2 Å². The summed E-state index contributed by atoms with van der Waals surface area (Å²) in [4.78, 5) is 12.7. The van der Waals surface area contributed by atoms with Crippen LogP contribution in [0.3, 0.4) is 0 Å². The molecule has 3 rings (SSSR count). The second-order valence-corrected chi connectivity index (χ2v) is 5.50. The van der Waals surface area contributed by atoms with Gasteiger partial charge in [0.25, 0.3) is 0 Å². The number of thiophene rings is 2. The monoisotopic (exact) mass is 262 g/mol. The first-order valence-electron chi connectivity index (χ1n) is 5.00. The summed E-state index contributed by atoms with van der Waals surface area (Å²) in [6.07, 6.45) is 0. The van der Waals surface area contributed by atoms with Gasteiger partial charge in [-0.2, -0.15) is 11.3 Å². The lowest BCUT2D eigenvalue weighted by atomic mass is 10.2. The zero-order valence-electron chi connectivity index (χ0n) is 8.64. The summed E-state index contributed by atoms with van der Waals surface area (Å²) in [5.74, 6) is -0.262. The van der Waals surface area contributed by atoms with Crippen molar-refractivity contribution < 1.29 is 9.18 Å². The van der Waals surface area contributed by atoms with Gasteiger partial charge in [0.05, 0.1) is 4.88 Å². The number of carbonyl (C=O) groups is 1. The highest BCUT2D eigenvalue weighted by atomic mass is 32.1. The molecule has 1 nitrogen and oxygen atoms in total. The van der Waals surface area contributed by atoms with Crippen LogP contribution in [0.4, 0.5) is 4.39 Å². The summed E-state index contributed by atoms with van der Waals surface area (Å²) in [5.41, 5.74) is 0.696. The molecule has 2 aromatic heterocycles. The fraction of sp³-hybridized carbons (Fsp3) is 0. The molecule has 0 saturated heterocycles. The van der Waals surface area contributed by atoms with Crippen LogP contribution in [-0.2, 0) is 0 Å². The fourth-order valence-electron chi connectivity index (χ4n) is 1.65. The summed E-state index contributed by atoms with van der Waals surface area (Å²) < 4.78 is 13.9. The Kier molecular flexibility index (Phi) is 2.53. The molecule has 0 amide bonds. The van der Waals surface area contributed by atoms with Crippen molar-refractivity contribution in [2.45, 2.75) is 0 Å². The minimum Gasteiger partial charge on any atom is -0.288 e. The molecular formula is C13H7FOS2. The average molecular weight is 262 g/mol. The summed E-state index contributed by atoms with van der Waals surface area (Å²) in [6.45, 7) is 0. The predicted molar refractivity (Wildman–Crippen MR) is 69.5 cm³/mol. The zero-order chi connectivity index (χ0) is 11.8. The van der Waals surface area contributed by atoms with E-state index in [1.165, 1.54) is 34.8 Å². The molecule has 3 aromatic rings. The summed E-state index contributed by atoms with van der Waals surface area (Å²) in [6, 6.07) is 8.20. The smallest absolute Gasteiger partial charge is 0.203 e. The first-order chi connectivity index (χ1) is 8.24. The van der Waals surface area contributed by atoms with Crippen molar-refractivity contribution in [3.05, 3.63) is 57.3 Å². The van der Waals surface area contributed by atoms with Crippen LogP contribution in [0.2, 0.25) is 0 Å². The van der Waals surface area contributed by atoms with Crippen LogP contribution in [-0.4, -0.2) is 5.78 Å². The Morgan fingerprint density at radius 1 is 1.18 bits per heavy atom. The first-order valence-corrected chi connectivity index (χ1v) is 6.76. The Labute approximate surface area is 105 Å². The molecule has 1 aromatic carbocycles. The molecule has 0 aliphatic rings. The van der Waals surface area contributed by atoms with Gasteiger partial charge in [-0.25, -0.2) is 4.39 Å². The van der Waals surface area contributed by atoms with Gasteiger partial charge >= 0.3 is 0 Å². The molecule has 0 fully saturated rings. The SMILES string of the molecule is O=C(c1ccsc1)c1cc2ccc(F)cc2s1. The fourth-order valence-corrected chi connectivity index (χ4v) is 3.34. The summed E-state index contributed by atoms with van der Waals surface area (Å²) >= 11 is 2.83. The van der Waals surface area contributed by atoms with Gasteiger partial charge in [0.2, 0.25) is 5.78 Å². The van der Waals surface area contributed by atoms with Crippen molar-refractivity contribution in [2.75, 3.05) is 0 Å². The number of rotatable bonds is 2. The van der Waals surface area contributed by atoms with E-state index in [4.69, 9.17) is 0 Å². The number of carbonyl (C=O) groups excluding carboxylic acids is 1. The second kappa shape index (κ2) is 4.05. The lowest BCUT2D eigenvalue weighted by molar-refractivity contribution is 0.104. The number of halogens is 1. The largest absolute Gasteiger partial charge is 0.288 e. The van der Waals surface area contributed by atoms with Crippen molar-refractivity contribution in [3.63, 3.8) is 0 Å². The van der Waals surface area contributed by atoms with Crippen LogP contribution in [0.5, 0.6) is 0 Å². The molecule has 0 saturated carbocycles. The third-order valence-corrected chi connectivity index (χ3v) is 4.27. The minimum atomic E-state index is -0.270. The normalized spacial score (nSPS) is 10.9. The van der Waals surface area contributed by atoms with Gasteiger partial charge in [-0.3, -0.25) is 4.79 Å². The van der Waals surface area contributed by atoms with Crippen LogP contribution in [0.25, 0.3) is 10.1 Å². The molecule has 0 aliphatic carbocycles. The van der Waals surface area contributed by atoms with E-state index in [1.54, 1.807) is 12.1 Å². The maximum absolute atomic E-state index is 13.0. The van der Waals surface area contributed by atoms with E-state index in [0.29, 0.717) is 10.4 Å². The van der Waals surface area contributed by atoms with Gasteiger partial charge in [0, 0.05) is 15.6 Å². The number of hydrogen-bond donors (Lipinski definition) is 0. The zero-order valence-corrected chi connectivity index (χ0v) is 10.3. The Bertz CT molecular complexity index is 683. The van der Waals surface area contributed by atoms with Gasteiger partial charge in [0.15, 0.2) is 0 Å². The van der Waals surface area contributed by atoms with E-state index < -0.39 is 0 Å². The van der Waals surface area contributed by atoms with Crippen LogP contribution >= 0.6 is 22.7 Å². The number of benzene rings is 1. The molecule has 4 heteroatoms. The number of fused-ring (bicyclic) bond motifs is 1. The van der Waals surface area contributed by atoms with Crippen molar-refractivity contribution in [1.82, 2.24) is 0 Å². The van der Waals surface area contributed by atoms with Crippen molar-refractivity contribution in [1.29, 1.82) is 0 Å². The predicted octanol–water partition coefficient (Wildman–Crippen LogP) is 4.33. The standard InChI is InChI=1S/C13H7FOS2/c14-10-2-1-8-5-12(17-11(8)6-10)13(15)9-3-4-16-7-9/h1-7H. The minimum absolute atomic E-state index is 0.00728. The van der Waals surface area contributed by atoms with Crippen molar-refractivity contribution in [2.24, 2.45) is 0 Å². The van der Waals surface area contributed by atoms with Crippen molar-refractivity contribution >= 4 is 38.5 Å². The quantitative estimate of drug-likeness (QED) is 0.628. The van der Waals surface area contributed by atoms with E-state index in [0.717, 1.165) is 10.1 Å². The van der Waals surface area contributed by atoms with E-state index in [9.17, 15) is 9.18 Å². The first kappa shape index (κ1) is 10.6. The number of hydrogen-bond acceptors (Lipinski definition) is 3. The molecule has 0 radical (unpaired) electrons. The molecule has 84 valence electrons. The van der Waals surface area contributed by atoms with Crippen LogP contribution in [0.15, 0.2) is 41.1 Å². The van der Waals surface area contributed by atoms with E-state index in [2.05, 4.69) is 0 Å². The van der Waals surface area contributed by atoms with E-state index in [-0.39, 0.29) is 11.6 Å². The summed E-state index contributed by atoms with van der Waals surface area (Å²) in [7, 11) is 0. The van der Waals surface area contributed by atoms with E-state index >= 15 is 0 Å². The van der Waals surface area contributed by atoms with Crippen LogP contribution in [0, 0.1) is 5.82 Å². The molecule has 2 heterocycles. The molecular weight excluding hydrogens is 255 g/mol. The molecule has 0 aliphatic heterocycles. The maximum Gasteiger partial charge on any atom is 0.203 e. The van der Waals surface area contributed by atoms with E-state index in [1.807, 2.05) is 16.8 Å². The Morgan fingerprint density at radius 3 is 2.82 bits per heavy atom. The third kappa shape index (κ3) is 1.90. The highest BCUT2D eigenvalue weighted by Crippen LogP contribution is 2.28. The molecule has 17 heavy (non-hydrogen) atoms. The molecule has 0 spiro atoms. The lowest BCUT2D eigenvalue weighted by Gasteiger charge is -1.90. The van der Waals surface area contributed by atoms with Crippen LogP contribution < -0.4 is 0 Å². The van der Waals surface area contributed by atoms with Gasteiger partial charge < -0.3 is 0 Å².